The molecule has 0 heterocycles. The van der Waals surface area contributed by atoms with Crippen molar-refractivity contribution < 1.29 is 27.7 Å². The molecule has 0 bridgehead atoms. The van der Waals surface area contributed by atoms with Gasteiger partial charge in [-0.15, -0.1) is 6.58 Å². The Bertz CT molecular complexity index is 1100. The Morgan fingerprint density at radius 2 is 1.93 bits per heavy atom. The Balaban J connectivity index is 2.09. The number of hydrogen-bond donors (Lipinski definition) is 2. The van der Waals surface area contributed by atoms with Gasteiger partial charge in [-0.25, -0.2) is 17.9 Å². The molecular formula is C18H16BrN3O7S. The highest BCUT2D eigenvalue weighted by molar-refractivity contribution is 9.10. The van der Waals surface area contributed by atoms with Crippen LogP contribution in [0.15, 0.2) is 64.5 Å². The molecule has 0 fully saturated rings. The molecule has 0 saturated heterocycles. The highest BCUT2D eigenvalue weighted by Crippen LogP contribution is 2.24. The quantitative estimate of drug-likeness (QED) is 0.234. The predicted molar refractivity (Wildman–Crippen MR) is 112 cm³/mol. The average molecular weight is 498 g/mol. The van der Waals surface area contributed by atoms with Crippen LogP contribution in [-0.4, -0.2) is 38.4 Å². The SMILES string of the molecule is C=CCNS(=O)(=O)c1ccc(Br)c(C(=O)OCC(=O)Nc2ccccc2[N+](=O)[O-])c1. The third kappa shape index (κ3) is 5.95. The van der Waals surface area contributed by atoms with E-state index in [0.717, 1.165) is 6.07 Å². The number of amides is 1. The summed E-state index contributed by atoms with van der Waals surface area (Å²) < 4.78 is 31.8. The fourth-order valence-corrected chi connectivity index (χ4v) is 3.65. The normalized spacial score (nSPS) is 10.8. The van der Waals surface area contributed by atoms with Crippen molar-refractivity contribution in [3.05, 3.63) is 75.3 Å². The van der Waals surface area contributed by atoms with Crippen LogP contribution < -0.4 is 10.0 Å². The van der Waals surface area contributed by atoms with E-state index in [0.29, 0.717) is 0 Å². The predicted octanol–water partition coefficient (Wildman–Crippen LogP) is 2.62. The topological polar surface area (TPSA) is 145 Å². The molecule has 0 aliphatic heterocycles. The number of nitrogens with one attached hydrogen (secondary N) is 2. The van der Waals surface area contributed by atoms with Gasteiger partial charge in [-0.1, -0.05) is 18.2 Å². The first kappa shape index (κ1) is 23.2. The number of ether oxygens (including phenoxy) is 1. The Kier molecular flexibility index (Phi) is 7.80. The van der Waals surface area contributed by atoms with Crippen LogP contribution in [0, 0.1) is 10.1 Å². The molecule has 158 valence electrons. The molecule has 1 amide bonds. The van der Waals surface area contributed by atoms with Crippen molar-refractivity contribution in [2.45, 2.75) is 4.90 Å². The van der Waals surface area contributed by atoms with Gasteiger partial charge < -0.3 is 10.1 Å². The number of sulfonamides is 1. The number of benzene rings is 2. The van der Waals surface area contributed by atoms with Crippen LogP contribution in [0.5, 0.6) is 0 Å². The van der Waals surface area contributed by atoms with Crippen LogP contribution in [0.1, 0.15) is 10.4 Å². The van der Waals surface area contributed by atoms with Crippen LogP contribution in [0.25, 0.3) is 0 Å². The largest absolute Gasteiger partial charge is 0.452 e. The molecule has 0 radical (unpaired) electrons. The fourth-order valence-electron chi connectivity index (χ4n) is 2.21. The van der Waals surface area contributed by atoms with Crippen LogP contribution in [-0.2, 0) is 19.6 Å². The van der Waals surface area contributed by atoms with Gasteiger partial charge in [0.2, 0.25) is 10.0 Å². The van der Waals surface area contributed by atoms with Crippen LogP contribution >= 0.6 is 15.9 Å². The van der Waals surface area contributed by atoms with E-state index in [-0.39, 0.29) is 32.9 Å². The van der Waals surface area contributed by atoms with Crippen molar-refractivity contribution in [2.75, 3.05) is 18.5 Å². The van der Waals surface area contributed by atoms with Crippen LogP contribution in [0.3, 0.4) is 0 Å². The molecule has 30 heavy (non-hydrogen) atoms. The van der Waals surface area contributed by atoms with Crippen molar-refractivity contribution in [3.63, 3.8) is 0 Å². The number of anilines is 1. The van der Waals surface area contributed by atoms with E-state index in [1.165, 1.54) is 42.5 Å². The Morgan fingerprint density at radius 3 is 2.60 bits per heavy atom. The Morgan fingerprint density at radius 1 is 1.23 bits per heavy atom. The fraction of sp³-hybridized carbons (Fsp3) is 0.111. The number of carbonyl (C=O) groups is 2. The first-order chi connectivity index (χ1) is 14.2. The summed E-state index contributed by atoms with van der Waals surface area (Å²) in [7, 11) is -3.87. The Labute approximate surface area is 180 Å². The van der Waals surface area contributed by atoms with E-state index in [1.807, 2.05) is 0 Å². The van der Waals surface area contributed by atoms with E-state index in [9.17, 15) is 28.1 Å². The van der Waals surface area contributed by atoms with Crippen molar-refractivity contribution >= 4 is 49.2 Å². The van der Waals surface area contributed by atoms with Gasteiger partial charge in [0, 0.05) is 17.1 Å². The zero-order chi connectivity index (χ0) is 22.3. The molecule has 10 nitrogen and oxygen atoms in total. The van der Waals surface area contributed by atoms with Gasteiger partial charge in [0.1, 0.15) is 5.69 Å². The van der Waals surface area contributed by atoms with Gasteiger partial charge in [-0.3, -0.25) is 14.9 Å². The lowest BCUT2D eigenvalue weighted by Crippen LogP contribution is -2.24. The van der Waals surface area contributed by atoms with Gasteiger partial charge in [0.25, 0.3) is 11.6 Å². The molecule has 0 spiro atoms. The van der Waals surface area contributed by atoms with Gasteiger partial charge in [0.15, 0.2) is 6.61 Å². The summed E-state index contributed by atoms with van der Waals surface area (Å²) in [6, 6.07) is 9.22. The molecule has 0 atom stereocenters. The van der Waals surface area contributed by atoms with Crippen LogP contribution in [0.2, 0.25) is 0 Å². The summed E-state index contributed by atoms with van der Waals surface area (Å²) in [5.74, 6) is -1.76. The molecule has 2 rings (SSSR count). The smallest absolute Gasteiger partial charge is 0.339 e. The van der Waals surface area contributed by atoms with Gasteiger partial charge in [-0.2, -0.15) is 0 Å². The third-order valence-electron chi connectivity index (χ3n) is 3.59. The molecule has 0 aromatic heterocycles. The van der Waals surface area contributed by atoms with Gasteiger partial charge >= 0.3 is 5.97 Å². The maximum atomic E-state index is 12.3. The molecular weight excluding hydrogens is 482 g/mol. The highest BCUT2D eigenvalue weighted by Gasteiger charge is 2.20. The number of nitro groups is 1. The second-order valence-corrected chi connectivity index (χ2v) is 8.30. The third-order valence-corrected chi connectivity index (χ3v) is 5.71. The van der Waals surface area contributed by atoms with E-state index >= 15 is 0 Å². The summed E-state index contributed by atoms with van der Waals surface area (Å²) in [6.07, 6.45) is 1.36. The van der Waals surface area contributed by atoms with E-state index < -0.39 is 33.4 Å². The van der Waals surface area contributed by atoms with Crippen LogP contribution in [0.4, 0.5) is 11.4 Å². The number of nitro benzene ring substituents is 1. The van der Waals surface area contributed by atoms with Crippen molar-refractivity contribution in [1.29, 1.82) is 0 Å². The first-order valence-corrected chi connectivity index (χ1v) is 10.5. The summed E-state index contributed by atoms with van der Waals surface area (Å²) in [5.41, 5.74) is -0.481. The zero-order valence-corrected chi connectivity index (χ0v) is 17.7. The zero-order valence-electron chi connectivity index (χ0n) is 15.3. The molecule has 12 heteroatoms. The minimum Gasteiger partial charge on any atom is -0.452 e. The lowest BCUT2D eigenvalue weighted by atomic mass is 10.2. The number of nitrogens with zero attached hydrogens (tertiary/aromatic N) is 1. The van der Waals surface area contributed by atoms with E-state index in [4.69, 9.17) is 4.74 Å². The van der Waals surface area contributed by atoms with E-state index in [2.05, 4.69) is 32.5 Å². The molecule has 0 aliphatic carbocycles. The lowest BCUT2D eigenvalue weighted by molar-refractivity contribution is -0.383. The number of para-hydroxylation sites is 2. The minimum atomic E-state index is -3.87. The van der Waals surface area contributed by atoms with Crippen molar-refractivity contribution in [2.24, 2.45) is 0 Å². The number of hydrogen-bond acceptors (Lipinski definition) is 7. The second-order valence-electron chi connectivity index (χ2n) is 5.68. The average Bonchev–Trinajstić information content (AvgIpc) is 2.71. The lowest BCUT2D eigenvalue weighted by Gasteiger charge is -2.10. The van der Waals surface area contributed by atoms with Gasteiger partial charge in [-0.05, 0) is 40.2 Å². The van der Waals surface area contributed by atoms with E-state index in [1.54, 1.807) is 0 Å². The molecule has 2 aromatic rings. The summed E-state index contributed by atoms with van der Waals surface area (Å²) >= 11 is 3.13. The number of halogens is 1. The molecule has 2 aromatic carbocycles. The monoisotopic (exact) mass is 497 g/mol. The number of esters is 1. The summed E-state index contributed by atoms with van der Waals surface area (Å²) in [4.78, 5) is 34.5. The number of rotatable bonds is 9. The second kappa shape index (κ2) is 10.1. The molecule has 0 unspecified atom stereocenters. The maximum absolute atomic E-state index is 12.3. The summed E-state index contributed by atoms with van der Waals surface area (Å²) in [6.45, 7) is 2.69. The number of carbonyl (C=O) groups excluding carboxylic acids is 2. The summed E-state index contributed by atoms with van der Waals surface area (Å²) in [5, 5.41) is 13.3. The minimum absolute atomic E-state index is 0.00394. The molecule has 2 N–H and O–H groups in total. The highest BCUT2D eigenvalue weighted by atomic mass is 79.9. The molecule has 0 saturated carbocycles. The van der Waals surface area contributed by atoms with Crippen molar-refractivity contribution in [1.82, 2.24) is 4.72 Å². The molecule has 0 aliphatic rings. The Hall–Kier alpha value is -3.09. The van der Waals surface area contributed by atoms with Crippen molar-refractivity contribution in [3.8, 4) is 0 Å². The van der Waals surface area contributed by atoms with Gasteiger partial charge in [0.05, 0.1) is 15.4 Å². The first-order valence-electron chi connectivity index (χ1n) is 8.26. The maximum Gasteiger partial charge on any atom is 0.339 e. The standard InChI is InChI=1S/C18H16BrN3O7S/c1-2-9-20-30(27,28)12-7-8-14(19)13(10-12)18(24)29-11-17(23)21-15-5-3-4-6-16(15)22(25)26/h2-8,10,20H,1,9,11H2,(H,21,23).